The Morgan fingerprint density at radius 2 is 2.00 bits per heavy atom. The SMILES string of the molecule is NC(=S)C1CCCCN1CCCCc1ccccc1. The molecule has 2 rings (SSSR count). The topological polar surface area (TPSA) is 29.3 Å². The first-order valence-electron chi connectivity index (χ1n) is 7.34. The zero-order chi connectivity index (χ0) is 13.5. The van der Waals surface area contributed by atoms with Crippen LogP contribution < -0.4 is 5.73 Å². The number of piperidine rings is 1. The average Bonchev–Trinajstić information content (AvgIpc) is 2.45. The van der Waals surface area contributed by atoms with E-state index in [-0.39, 0.29) is 0 Å². The number of aryl methyl sites for hydroxylation is 1. The molecule has 1 aromatic carbocycles. The molecule has 0 bridgehead atoms. The Bertz CT molecular complexity index is 391. The van der Waals surface area contributed by atoms with Gasteiger partial charge in [0.1, 0.15) is 0 Å². The molecule has 1 aromatic rings. The van der Waals surface area contributed by atoms with Crippen molar-refractivity contribution in [2.75, 3.05) is 13.1 Å². The first-order chi connectivity index (χ1) is 9.27. The molecule has 19 heavy (non-hydrogen) atoms. The van der Waals surface area contributed by atoms with Gasteiger partial charge in [-0.15, -0.1) is 0 Å². The van der Waals surface area contributed by atoms with Crippen molar-refractivity contribution in [1.29, 1.82) is 0 Å². The van der Waals surface area contributed by atoms with E-state index in [9.17, 15) is 0 Å². The van der Waals surface area contributed by atoms with Gasteiger partial charge in [-0.25, -0.2) is 0 Å². The highest BCUT2D eigenvalue weighted by Crippen LogP contribution is 2.18. The summed E-state index contributed by atoms with van der Waals surface area (Å²) < 4.78 is 0. The maximum atomic E-state index is 5.84. The van der Waals surface area contributed by atoms with Crippen molar-refractivity contribution in [3.63, 3.8) is 0 Å². The minimum atomic E-state index is 0.348. The van der Waals surface area contributed by atoms with Gasteiger partial charge in [0.15, 0.2) is 0 Å². The Morgan fingerprint density at radius 1 is 1.21 bits per heavy atom. The summed E-state index contributed by atoms with van der Waals surface area (Å²) in [4.78, 5) is 3.17. The molecule has 3 heteroatoms. The molecule has 0 amide bonds. The molecule has 2 N–H and O–H groups in total. The lowest BCUT2D eigenvalue weighted by atomic mass is 10.0. The Labute approximate surface area is 122 Å². The van der Waals surface area contributed by atoms with Gasteiger partial charge in [-0.05, 0) is 50.8 Å². The van der Waals surface area contributed by atoms with Crippen molar-refractivity contribution < 1.29 is 0 Å². The molecule has 1 aliphatic rings. The molecular formula is C16H24N2S. The lowest BCUT2D eigenvalue weighted by molar-refractivity contribution is 0.189. The summed E-state index contributed by atoms with van der Waals surface area (Å²) in [5.74, 6) is 0. The van der Waals surface area contributed by atoms with E-state index in [0.29, 0.717) is 11.0 Å². The number of hydrogen-bond acceptors (Lipinski definition) is 2. The number of hydrogen-bond donors (Lipinski definition) is 1. The molecule has 0 aliphatic carbocycles. The maximum Gasteiger partial charge on any atom is 0.0902 e. The quantitative estimate of drug-likeness (QED) is 0.639. The van der Waals surface area contributed by atoms with E-state index in [1.54, 1.807) is 0 Å². The van der Waals surface area contributed by atoms with E-state index in [1.165, 1.54) is 37.7 Å². The summed E-state index contributed by atoms with van der Waals surface area (Å²) in [6, 6.07) is 11.1. The van der Waals surface area contributed by atoms with Gasteiger partial charge in [-0.1, -0.05) is 49.0 Å². The fourth-order valence-corrected chi connectivity index (χ4v) is 3.14. The van der Waals surface area contributed by atoms with Crippen LogP contribution in [0.15, 0.2) is 30.3 Å². The van der Waals surface area contributed by atoms with Crippen LogP contribution in [0.4, 0.5) is 0 Å². The number of benzene rings is 1. The Balaban J connectivity index is 1.71. The molecule has 0 aromatic heterocycles. The summed E-state index contributed by atoms with van der Waals surface area (Å²) in [7, 11) is 0. The lowest BCUT2D eigenvalue weighted by Gasteiger charge is -2.35. The Hall–Kier alpha value is -0.930. The molecule has 2 nitrogen and oxygen atoms in total. The minimum absolute atomic E-state index is 0.348. The van der Waals surface area contributed by atoms with Crippen molar-refractivity contribution in [2.45, 2.75) is 44.6 Å². The van der Waals surface area contributed by atoms with Crippen LogP contribution in [-0.4, -0.2) is 29.0 Å². The number of thiocarbonyl (C=S) groups is 1. The normalized spacial score (nSPS) is 20.3. The molecule has 104 valence electrons. The third-order valence-corrected chi connectivity index (χ3v) is 4.22. The number of unbranched alkanes of at least 4 members (excludes halogenated alkanes) is 1. The molecule has 1 atom stereocenters. The van der Waals surface area contributed by atoms with Crippen molar-refractivity contribution in [2.24, 2.45) is 5.73 Å². The van der Waals surface area contributed by atoms with Crippen LogP contribution in [-0.2, 0) is 6.42 Å². The molecule has 1 heterocycles. The maximum absolute atomic E-state index is 5.84. The number of rotatable bonds is 6. The second-order valence-corrected chi connectivity index (χ2v) is 5.86. The predicted molar refractivity (Wildman–Crippen MR) is 85.4 cm³/mol. The van der Waals surface area contributed by atoms with E-state index in [4.69, 9.17) is 18.0 Å². The van der Waals surface area contributed by atoms with Crippen LogP contribution in [0, 0.1) is 0 Å². The third kappa shape index (κ3) is 4.59. The highest BCUT2D eigenvalue weighted by Gasteiger charge is 2.23. The van der Waals surface area contributed by atoms with Gasteiger partial charge < -0.3 is 5.73 Å². The monoisotopic (exact) mass is 276 g/mol. The summed E-state index contributed by atoms with van der Waals surface area (Å²) in [6.07, 6.45) is 7.35. The predicted octanol–water partition coefficient (Wildman–Crippen LogP) is 3.15. The van der Waals surface area contributed by atoms with Crippen LogP contribution in [0.25, 0.3) is 0 Å². The van der Waals surface area contributed by atoms with Crippen molar-refractivity contribution >= 4 is 17.2 Å². The van der Waals surface area contributed by atoms with Crippen LogP contribution in [0.5, 0.6) is 0 Å². The first-order valence-corrected chi connectivity index (χ1v) is 7.75. The minimum Gasteiger partial charge on any atom is -0.392 e. The Morgan fingerprint density at radius 3 is 2.74 bits per heavy atom. The average molecular weight is 276 g/mol. The van der Waals surface area contributed by atoms with Crippen LogP contribution in [0.2, 0.25) is 0 Å². The van der Waals surface area contributed by atoms with Crippen molar-refractivity contribution in [3.8, 4) is 0 Å². The van der Waals surface area contributed by atoms with Gasteiger partial charge in [-0.2, -0.15) is 0 Å². The molecule has 1 aliphatic heterocycles. The molecule has 1 saturated heterocycles. The fraction of sp³-hybridized carbons (Fsp3) is 0.562. The molecule has 0 spiro atoms. The highest BCUT2D eigenvalue weighted by molar-refractivity contribution is 7.80. The fourth-order valence-electron chi connectivity index (χ4n) is 2.87. The van der Waals surface area contributed by atoms with E-state index >= 15 is 0 Å². The van der Waals surface area contributed by atoms with Gasteiger partial charge in [-0.3, -0.25) is 4.90 Å². The van der Waals surface area contributed by atoms with Crippen LogP contribution in [0.3, 0.4) is 0 Å². The molecule has 0 saturated carbocycles. The van der Waals surface area contributed by atoms with E-state index in [0.717, 1.165) is 19.5 Å². The van der Waals surface area contributed by atoms with Gasteiger partial charge in [0, 0.05) is 0 Å². The summed E-state index contributed by atoms with van der Waals surface area (Å²) in [5.41, 5.74) is 7.28. The van der Waals surface area contributed by atoms with E-state index < -0.39 is 0 Å². The second-order valence-electron chi connectivity index (χ2n) is 5.39. The largest absolute Gasteiger partial charge is 0.392 e. The summed E-state index contributed by atoms with van der Waals surface area (Å²) in [5, 5.41) is 0. The van der Waals surface area contributed by atoms with Crippen molar-refractivity contribution in [1.82, 2.24) is 4.90 Å². The van der Waals surface area contributed by atoms with Gasteiger partial charge in [0.25, 0.3) is 0 Å². The first kappa shape index (κ1) is 14.5. The zero-order valence-corrected chi connectivity index (χ0v) is 12.4. The van der Waals surface area contributed by atoms with Crippen molar-refractivity contribution in [3.05, 3.63) is 35.9 Å². The molecule has 1 fully saturated rings. The summed E-state index contributed by atoms with van der Waals surface area (Å²) in [6.45, 7) is 2.29. The Kier molecular flexibility index (Phi) is 5.80. The molecular weight excluding hydrogens is 252 g/mol. The lowest BCUT2D eigenvalue weighted by Crippen LogP contribution is -2.47. The van der Waals surface area contributed by atoms with Crippen LogP contribution >= 0.6 is 12.2 Å². The standard InChI is InChI=1S/C16H24N2S/c17-16(19)15-11-5-7-13-18(15)12-6-4-10-14-8-2-1-3-9-14/h1-3,8-9,15H,4-7,10-13H2,(H2,17,19). The smallest absolute Gasteiger partial charge is 0.0902 e. The van der Waals surface area contributed by atoms with Gasteiger partial charge in [0.05, 0.1) is 11.0 Å². The third-order valence-electron chi connectivity index (χ3n) is 3.95. The highest BCUT2D eigenvalue weighted by atomic mass is 32.1. The second kappa shape index (κ2) is 7.61. The number of likely N-dealkylation sites (tertiary alicyclic amines) is 1. The number of nitrogens with two attached hydrogens (primary N) is 1. The zero-order valence-electron chi connectivity index (χ0n) is 11.6. The molecule has 0 radical (unpaired) electrons. The number of nitrogens with zero attached hydrogens (tertiary/aromatic N) is 1. The van der Waals surface area contributed by atoms with E-state index in [2.05, 4.69) is 35.2 Å². The van der Waals surface area contributed by atoms with Crippen LogP contribution in [0.1, 0.15) is 37.7 Å². The molecule has 1 unspecified atom stereocenters. The van der Waals surface area contributed by atoms with E-state index in [1.807, 2.05) is 0 Å². The van der Waals surface area contributed by atoms with Gasteiger partial charge >= 0.3 is 0 Å². The summed E-state index contributed by atoms with van der Waals surface area (Å²) >= 11 is 5.18. The van der Waals surface area contributed by atoms with Gasteiger partial charge in [0.2, 0.25) is 0 Å².